The summed E-state index contributed by atoms with van der Waals surface area (Å²) in [6.45, 7) is 6.25. The number of piperidine rings is 1. The summed E-state index contributed by atoms with van der Waals surface area (Å²) in [6, 6.07) is 8.11. The van der Waals surface area contributed by atoms with Crippen LogP contribution in [-0.2, 0) is 0 Å². The standard InChI is InChI=1S/C18H22N2O2S/c1-13-5-7-16(8-6-13)22-12-15-4-3-9-20(11-15)18(21)17-10-19-14(2)23-17/h5-8,10,15H,3-4,9,11-12H2,1-2H3/t15-/m1/s1. The molecule has 2 heterocycles. The van der Waals surface area contributed by atoms with Crippen LogP contribution in [0.3, 0.4) is 0 Å². The van der Waals surface area contributed by atoms with Crippen LogP contribution < -0.4 is 4.74 Å². The summed E-state index contributed by atoms with van der Waals surface area (Å²) in [4.78, 5) is 19.4. The third-order valence-corrected chi connectivity index (χ3v) is 5.05. The topological polar surface area (TPSA) is 42.4 Å². The molecule has 23 heavy (non-hydrogen) atoms. The minimum absolute atomic E-state index is 0.107. The number of aryl methyl sites for hydroxylation is 2. The Bertz CT molecular complexity index is 666. The molecule has 1 aromatic carbocycles. The Morgan fingerprint density at radius 3 is 2.83 bits per heavy atom. The van der Waals surface area contributed by atoms with Gasteiger partial charge in [0.25, 0.3) is 5.91 Å². The summed E-state index contributed by atoms with van der Waals surface area (Å²) in [5.74, 6) is 1.40. The molecule has 4 nitrogen and oxygen atoms in total. The summed E-state index contributed by atoms with van der Waals surface area (Å²) in [6.07, 6.45) is 3.83. The van der Waals surface area contributed by atoms with Crippen LogP contribution in [0.1, 0.15) is 33.1 Å². The van der Waals surface area contributed by atoms with E-state index in [1.165, 1.54) is 16.9 Å². The van der Waals surface area contributed by atoms with Crippen LogP contribution in [0, 0.1) is 19.8 Å². The second kappa shape index (κ2) is 7.13. The SMILES string of the molecule is Cc1ccc(OC[C@@H]2CCCN(C(=O)c3cnc(C)s3)C2)cc1. The highest BCUT2D eigenvalue weighted by atomic mass is 32.1. The van der Waals surface area contributed by atoms with E-state index in [4.69, 9.17) is 4.74 Å². The molecule has 1 fully saturated rings. The quantitative estimate of drug-likeness (QED) is 0.858. The number of benzene rings is 1. The van der Waals surface area contributed by atoms with Gasteiger partial charge in [-0.3, -0.25) is 4.79 Å². The molecular formula is C18H22N2O2S. The van der Waals surface area contributed by atoms with E-state index in [2.05, 4.69) is 24.0 Å². The fourth-order valence-electron chi connectivity index (χ4n) is 2.85. The molecule has 0 unspecified atom stereocenters. The highest BCUT2D eigenvalue weighted by Crippen LogP contribution is 2.22. The Labute approximate surface area is 141 Å². The molecule has 0 bridgehead atoms. The Balaban J connectivity index is 1.55. The first-order valence-electron chi connectivity index (χ1n) is 8.03. The lowest BCUT2D eigenvalue weighted by atomic mass is 9.99. The number of amides is 1. The van der Waals surface area contributed by atoms with Crippen molar-refractivity contribution < 1.29 is 9.53 Å². The smallest absolute Gasteiger partial charge is 0.265 e. The molecule has 1 atom stereocenters. The van der Waals surface area contributed by atoms with Crippen molar-refractivity contribution in [3.63, 3.8) is 0 Å². The van der Waals surface area contributed by atoms with Crippen molar-refractivity contribution in [2.75, 3.05) is 19.7 Å². The fraction of sp³-hybridized carbons (Fsp3) is 0.444. The Hall–Kier alpha value is -1.88. The van der Waals surface area contributed by atoms with Gasteiger partial charge in [0.1, 0.15) is 10.6 Å². The number of likely N-dealkylation sites (tertiary alicyclic amines) is 1. The molecule has 3 rings (SSSR count). The van der Waals surface area contributed by atoms with Crippen molar-refractivity contribution in [2.24, 2.45) is 5.92 Å². The molecule has 2 aromatic rings. The maximum Gasteiger partial charge on any atom is 0.265 e. The van der Waals surface area contributed by atoms with Crippen molar-refractivity contribution in [1.82, 2.24) is 9.88 Å². The predicted molar refractivity (Wildman–Crippen MR) is 92.2 cm³/mol. The maximum atomic E-state index is 12.5. The number of carbonyl (C=O) groups is 1. The minimum atomic E-state index is 0.107. The molecule has 0 saturated carbocycles. The number of carbonyl (C=O) groups excluding carboxylic acids is 1. The van der Waals surface area contributed by atoms with Crippen LogP contribution in [0.25, 0.3) is 0 Å². The van der Waals surface area contributed by atoms with E-state index >= 15 is 0 Å². The summed E-state index contributed by atoms with van der Waals surface area (Å²) in [5.41, 5.74) is 1.23. The summed E-state index contributed by atoms with van der Waals surface area (Å²) in [5, 5.41) is 0.935. The van der Waals surface area contributed by atoms with Gasteiger partial charge in [0.05, 0.1) is 17.8 Å². The van der Waals surface area contributed by atoms with E-state index in [1.54, 1.807) is 6.20 Å². The largest absolute Gasteiger partial charge is 0.493 e. The third kappa shape index (κ3) is 4.10. The zero-order valence-electron chi connectivity index (χ0n) is 13.6. The van der Waals surface area contributed by atoms with Gasteiger partial charge in [-0.05, 0) is 38.8 Å². The second-order valence-electron chi connectivity index (χ2n) is 6.13. The Morgan fingerprint density at radius 2 is 2.13 bits per heavy atom. The number of ether oxygens (including phenoxy) is 1. The van der Waals surface area contributed by atoms with Crippen molar-refractivity contribution in [1.29, 1.82) is 0 Å². The first-order chi connectivity index (χ1) is 11.1. The second-order valence-corrected chi connectivity index (χ2v) is 7.36. The molecule has 1 aliphatic rings. The number of thiazole rings is 1. The molecule has 1 aromatic heterocycles. The third-order valence-electron chi connectivity index (χ3n) is 4.14. The molecule has 1 aliphatic heterocycles. The van der Waals surface area contributed by atoms with E-state index < -0.39 is 0 Å². The van der Waals surface area contributed by atoms with Gasteiger partial charge in [-0.25, -0.2) is 4.98 Å². The molecule has 5 heteroatoms. The minimum Gasteiger partial charge on any atom is -0.493 e. The van der Waals surface area contributed by atoms with Gasteiger partial charge in [0.15, 0.2) is 0 Å². The monoisotopic (exact) mass is 330 g/mol. The van der Waals surface area contributed by atoms with E-state index in [1.807, 2.05) is 24.0 Å². The van der Waals surface area contributed by atoms with Crippen molar-refractivity contribution in [2.45, 2.75) is 26.7 Å². The van der Waals surface area contributed by atoms with Gasteiger partial charge >= 0.3 is 0 Å². The van der Waals surface area contributed by atoms with Crippen LogP contribution in [-0.4, -0.2) is 35.5 Å². The summed E-state index contributed by atoms with van der Waals surface area (Å²) < 4.78 is 5.89. The van der Waals surface area contributed by atoms with Gasteiger partial charge < -0.3 is 9.64 Å². The first kappa shape index (κ1) is 16.0. The molecular weight excluding hydrogens is 308 g/mol. The zero-order valence-corrected chi connectivity index (χ0v) is 14.4. The summed E-state index contributed by atoms with van der Waals surface area (Å²) >= 11 is 1.47. The van der Waals surface area contributed by atoms with Crippen molar-refractivity contribution in [3.05, 3.63) is 45.9 Å². The van der Waals surface area contributed by atoms with Crippen molar-refractivity contribution in [3.8, 4) is 5.75 Å². The molecule has 0 N–H and O–H groups in total. The van der Waals surface area contributed by atoms with Gasteiger partial charge in [-0.2, -0.15) is 0 Å². The van der Waals surface area contributed by atoms with Crippen LogP contribution in [0.15, 0.2) is 30.5 Å². The molecule has 1 saturated heterocycles. The van der Waals surface area contributed by atoms with Crippen molar-refractivity contribution >= 4 is 17.2 Å². The average molecular weight is 330 g/mol. The lowest BCUT2D eigenvalue weighted by molar-refractivity contribution is 0.0638. The lowest BCUT2D eigenvalue weighted by Crippen LogP contribution is -2.41. The predicted octanol–water partition coefficient (Wildman–Crippen LogP) is 3.69. The molecule has 1 amide bonds. The Kier molecular flexibility index (Phi) is 4.96. The van der Waals surface area contributed by atoms with Gasteiger partial charge in [-0.1, -0.05) is 17.7 Å². The Morgan fingerprint density at radius 1 is 1.35 bits per heavy atom. The number of aromatic nitrogens is 1. The summed E-state index contributed by atoms with van der Waals surface area (Å²) in [7, 11) is 0. The lowest BCUT2D eigenvalue weighted by Gasteiger charge is -2.32. The van der Waals surface area contributed by atoms with Gasteiger partial charge in [-0.15, -0.1) is 11.3 Å². The maximum absolute atomic E-state index is 12.5. The molecule has 0 radical (unpaired) electrons. The highest BCUT2D eigenvalue weighted by molar-refractivity contribution is 7.13. The van der Waals surface area contributed by atoms with E-state index in [-0.39, 0.29) is 5.91 Å². The van der Waals surface area contributed by atoms with Crippen LogP contribution in [0.4, 0.5) is 0 Å². The normalized spacial score (nSPS) is 18.0. The zero-order chi connectivity index (χ0) is 16.2. The molecule has 122 valence electrons. The van der Waals surface area contributed by atoms with E-state index in [0.717, 1.165) is 41.6 Å². The molecule has 0 spiro atoms. The van der Waals surface area contributed by atoms with Gasteiger partial charge in [0.2, 0.25) is 0 Å². The van der Waals surface area contributed by atoms with Gasteiger partial charge in [0, 0.05) is 19.0 Å². The van der Waals surface area contributed by atoms with Crippen LogP contribution in [0.2, 0.25) is 0 Å². The fourth-order valence-corrected chi connectivity index (χ4v) is 3.60. The molecule has 0 aliphatic carbocycles. The average Bonchev–Trinajstić information content (AvgIpc) is 3.00. The highest BCUT2D eigenvalue weighted by Gasteiger charge is 2.25. The number of nitrogens with zero attached hydrogens (tertiary/aromatic N) is 2. The number of hydrogen-bond donors (Lipinski definition) is 0. The van der Waals surface area contributed by atoms with E-state index in [0.29, 0.717) is 12.5 Å². The van der Waals surface area contributed by atoms with Crippen LogP contribution >= 0.6 is 11.3 Å². The first-order valence-corrected chi connectivity index (χ1v) is 8.84. The van der Waals surface area contributed by atoms with E-state index in [9.17, 15) is 4.79 Å². The number of hydrogen-bond acceptors (Lipinski definition) is 4. The number of rotatable bonds is 4. The van der Waals surface area contributed by atoms with Crippen LogP contribution in [0.5, 0.6) is 5.75 Å².